The lowest BCUT2D eigenvalue weighted by molar-refractivity contribution is 0.104. The van der Waals surface area contributed by atoms with Crippen LogP contribution < -0.4 is 0 Å². The van der Waals surface area contributed by atoms with E-state index in [9.17, 15) is 4.79 Å². The van der Waals surface area contributed by atoms with Gasteiger partial charge in [0.1, 0.15) is 4.38 Å². The highest BCUT2D eigenvalue weighted by molar-refractivity contribution is 9.10. The van der Waals surface area contributed by atoms with Gasteiger partial charge in [0, 0.05) is 15.8 Å². The van der Waals surface area contributed by atoms with E-state index < -0.39 is 0 Å². The molecule has 0 radical (unpaired) electrons. The fourth-order valence-electron chi connectivity index (χ4n) is 1.72. The molecule has 0 heterocycles. The van der Waals surface area contributed by atoms with Crippen LogP contribution in [0.4, 0.5) is 0 Å². The Balaban J connectivity index is 1.91. The zero-order chi connectivity index (χ0) is 17.2. The third kappa shape index (κ3) is 6.36. The van der Waals surface area contributed by atoms with Gasteiger partial charge in [-0.05, 0) is 41.3 Å². The number of hydrogen-bond acceptors (Lipinski definition) is 5. The van der Waals surface area contributed by atoms with Gasteiger partial charge in [-0.25, -0.2) is 0 Å². The van der Waals surface area contributed by atoms with Crippen LogP contribution in [0.5, 0.6) is 0 Å². The average molecular weight is 417 g/mol. The van der Waals surface area contributed by atoms with Gasteiger partial charge >= 0.3 is 0 Å². The number of benzene rings is 2. The maximum absolute atomic E-state index is 12.0. The van der Waals surface area contributed by atoms with Crippen LogP contribution in [-0.2, 0) is 5.75 Å². The Morgan fingerprint density at radius 1 is 1.17 bits per heavy atom. The van der Waals surface area contributed by atoms with E-state index in [2.05, 4.69) is 20.9 Å². The topological polar surface area (TPSA) is 53.2 Å². The number of hydrogen-bond donors (Lipinski definition) is 0. The molecule has 0 saturated carbocycles. The molecule has 0 N–H and O–H groups in total. The van der Waals surface area contributed by atoms with Gasteiger partial charge in [0.15, 0.2) is 5.78 Å². The fraction of sp³-hybridized carbons (Fsp3) is 0.0556. The van der Waals surface area contributed by atoms with Gasteiger partial charge in [0.2, 0.25) is 6.19 Å². The molecule has 0 fully saturated rings. The van der Waals surface area contributed by atoms with Crippen molar-refractivity contribution in [3.05, 3.63) is 81.7 Å². The van der Waals surface area contributed by atoms with E-state index in [4.69, 9.17) is 5.26 Å². The monoisotopic (exact) mass is 416 g/mol. The molecule has 0 atom stereocenters. The number of nitriles is 1. The number of carbonyl (C=O) groups is 1. The molecule has 2 aromatic rings. The molecule has 120 valence electrons. The molecular weight excluding hydrogens is 404 g/mol. The van der Waals surface area contributed by atoms with Gasteiger partial charge in [-0.15, -0.1) is 0 Å². The van der Waals surface area contributed by atoms with Crippen molar-refractivity contribution in [2.75, 3.05) is 0 Å². The van der Waals surface area contributed by atoms with Crippen LogP contribution in [0.3, 0.4) is 0 Å². The molecule has 0 aliphatic carbocycles. The van der Waals surface area contributed by atoms with Gasteiger partial charge < -0.3 is 0 Å². The standard InChI is InChI=1S/C18H13BrN2OS2/c19-16-8-6-15(7-9-16)17(22)10-11-23-18(21-13-20)24-12-14-4-2-1-3-5-14/h1-11H,12H2/b11-10+,21-18?. The van der Waals surface area contributed by atoms with Crippen molar-refractivity contribution in [2.24, 2.45) is 4.99 Å². The van der Waals surface area contributed by atoms with Crippen LogP contribution in [-0.4, -0.2) is 10.2 Å². The smallest absolute Gasteiger partial charge is 0.207 e. The normalized spacial score (nSPS) is 11.4. The molecule has 0 spiro atoms. The minimum Gasteiger partial charge on any atom is -0.289 e. The fourth-order valence-corrected chi connectivity index (χ4v) is 3.59. The molecule has 0 unspecified atom stereocenters. The predicted molar refractivity (Wildman–Crippen MR) is 106 cm³/mol. The number of ketones is 1. The summed E-state index contributed by atoms with van der Waals surface area (Å²) in [6.07, 6.45) is 3.29. The van der Waals surface area contributed by atoms with Crippen LogP contribution in [0.25, 0.3) is 0 Å². The summed E-state index contributed by atoms with van der Waals surface area (Å²) >= 11 is 6.08. The summed E-state index contributed by atoms with van der Waals surface area (Å²) in [6, 6.07) is 17.1. The van der Waals surface area contributed by atoms with Gasteiger partial charge in [-0.2, -0.15) is 10.3 Å². The largest absolute Gasteiger partial charge is 0.289 e. The third-order valence-electron chi connectivity index (χ3n) is 2.86. The molecule has 2 aromatic carbocycles. The first-order chi connectivity index (χ1) is 11.7. The second kappa shape index (κ2) is 10.1. The molecule has 0 bridgehead atoms. The first-order valence-electron chi connectivity index (χ1n) is 6.95. The van der Waals surface area contributed by atoms with Gasteiger partial charge in [0.05, 0.1) is 0 Å². The van der Waals surface area contributed by atoms with E-state index >= 15 is 0 Å². The summed E-state index contributed by atoms with van der Waals surface area (Å²) in [5, 5.41) is 10.5. The number of thioether (sulfide) groups is 2. The SMILES string of the molecule is N#CN=C(S/C=C/C(=O)c1ccc(Br)cc1)SCc1ccccc1. The molecule has 2 rings (SSSR count). The Labute approximate surface area is 158 Å². The van der Waals surface area contributed by atoms with Crippen LogP contribution >= 0.6 is 39.5 Å². The van der Waals surface area contributed by atoms with E-state index in [1.165, 1.54) is 29.6 Å². The highest BCUT2D eigenvalue weighted by atomic mass is 79.9. The maximum Gasteiger partial charge on any atom is 0.207 e. The Hall–Kier alpha value is -1.81. The van der Waals surface area contributed by atoms with E-state index in [1.54, 1.807) is 23.7 Å². The Morgan fingerprint density at radius 2 is 1.88 bits per heavy atom. The van der Waals surface area contributed by atoms with Crippen LogP contribution in [0.1, 0.15) is 15.9 Å². The minimum atomic E-state index is -0.0839. The molecule has 24 heavy (non-hydrogen) atoms. The van der Waals surface area contributed by atoms with E-state index in [0.29, 0.717) is 9.94 Å². The van der Waals surface area contributed by atoms with Crippen molar-refractivity contribution in [1.82, 2.24) is 0 Å². The zero-order valence-electron chi connectivity index (χ0n) is 12.6. The van der Waals surface area contributed by atoms with Crippen molar-refractivity contribution in [3.63, 3.8) is 0 Å². The van der Waals surface area contributed by atoms with E-state index in [-0.39, 0.29) is 5.78 Å². The molecule has 0 aliphatic rings. The summed E-state index contributed by atoms with van der Waals surface area (Å²) in [5.74, 6) is 0.641. The number of halogens is 1. The number of aliphatic imine (C=N–C) groups is 1. The van der Waals surface area contributed by atoms with Crippen molar-refractivity contribution in [1.29, 1.82) is 5.26 Å². The van der Waals surface area contributed by atoms with Gasteiger partial charge in [-0.1, -0.05) is 69.8 Å². The number of carbonyl (C=O) groups excluding carboxylic acids is 1. The van der Waals surface area contributed by atoms with Crippen LogP contribution in [0.15, 0.2) is 75.5 Å². The van der Waals surface area contributed by atoms with E-state index in [1.807, 2.05) is 42.5 Å². The first-order valence-corrected chi connectivity index (χ1v) is 9.61. The number of rotatable bonds is 5. The van der Waals surface area contributed by atoms with Crippen molar-refractivity contribution in [2.45, 2.75) is 5.75 Å². The zero-order valence-corrected chi connectivity index (χ0v) is 15.8. The average Bonchev–Trinajstić information content (AvgIpc) is 2.61. The lowest BCUT2D eigenvalue weighted by Crippen LogP contribution is -1.93. The molecular formula is C18H13BrN2OS2. The second-order valence-electron chi connectivity index (χ2n) is 4.54. The Morgan fingerprint density at radius 3 is 2.54 bits per heavy atom. The molecule has 0 aromatic heterocycles. The molecule has 0 saturated heterocycles. The summed E-state index contributed by atoms with van der Waals surface area (Å²) in [6.45, 7) is 0. The van der Waals surface area contributed by atoms with Crippen molar-refractivity contribution < 1.29 is 4.79 Å². The number of allylic oxidation sites excluding steroid dienone is 1. The summed E-state index contributed by atoms with van der Waals surface area (Å²) in [5.41, 5.74) is 1.77. The second-order valence-corrected chi connectivity index (χ2v) is 7.58. The Kier molecular flexibility index (Phi) is 7.83. The molecule has 3 nitrogen and oxygen atoms in total. The van der Waals surface area contributed by atoms with Crippen LogP contribution in [0.2, 0.25) is 0 Å². The summed E-state index contributed by atoms with van der Waals surface area (Å²) in [4.78, 5) is 15.8. The highest BCUT2D eigenvalue weighted by Crippen LogP contribution is 2.22. The van der Waals surface area contributed by atoms with E-state index in [0.717, 1.165) is 15.8 Å². The predicted octanol–water partition coefficient (Wildman–Crippen LogP) is 5.65. The number of nitrogens with zero attached hydrogens (tertiary/aromatic N) is 2. The highest BCUT2D eigenvalue weighted by Gasteiger charge is 2.04. The summed E-state index contributed by atoms with van der Waals surface area (Å²) in [7, 11) is 0. The van der Waals surface area contributed by atoms with Crippen LogP contribution in [0, 0.1) is 11.5 Å². The van der Waals surface area contributed by atoms with Gasteiger partial charge in [0.25, 0.3) is 0 Å². The summed E-state index contributed by atoms with van der Waals surface area (Å²) < 4.78 is 1.54. The lowest BCUT2D eigenvalue weighted by atomic mass is 10.1. The molecule has 0 amide bonds. The Bertz CT molecular complexity index is 781. The third-order valence-corrected chi connectivity index (χ3v) is 5.42. The van der Waals surface area contributed by atoms with Crippen molar-refractivity contribution in [3.8, 4) is 6.19 Å². The quantitative estimate of drug-likeness (QED) is 0.207. The maximum atomic E-state index is 12.0. The first kappa shape index (κ1) is 18.5. The molecule has 6 heteroatoms. The van der Waals surface area contributed by atoms with Crippen molar-refractivity contribution >= 4 is 49.6 Å². The molecule has 0 aliphatic heterocycles. The minimum absolute atomic E-state index is 0.0839. The van der Waals surface area contributed by atoms with Gasteiger partial charge in [-0.3, -0.25) is 4.79 Å². The lowest BCUT2D eigenvalue weighted by Gasteiger charge is -2.01.